The maximum absolute atomic E-state index is 13.4. The zero-order valence-corrected chi connectivity index (χ0v) is 11.7. The molecule has 0 bridgehead atoms. The zero-order chi connectivity index (χ0) is 14.7. The average Bonchev–Trinajstić information content (AvgIpc) is 2.39. The summed E-state index contributed by atoms with van der Waals surface area (Å²) in [6, 6.07) is 7.69. The summed E-state index contributed by atoms with van der Waals surface area (Å²) < 4.78 is 32.7. The third-order valence-corrected chi connectivity index (χ3v) is 3.27. The quantitative estimate of drug-likeness (QED) is 0.913. The van der Waals surface area contributed by atoms with Gasteiger partial charge in [-0.2, -0.15) is 0 Å². The second kappa shape index (κ2) is 6.00. The van der Waals surface area contributed by atoms with E-state index in [0.29, 0.717) is 4.47 Å². The van der Waals surface area contributed by atoms with Crippen LogP contribution in [-0.4, -0.2) is 11.1 Å². The SMILES string of the molecule is O=C(O)c1ccc(Br)c(OCc2c(F)cccc2F)c1. The molecule has 2 rings (SSSR count). The van der Waals surface area contributed by atoms with Gasteiger partial charge in [0.25, 0.3) is 0 Å². The van der Waals surface area contributed by atoms with Gasteiger partial charge in [-0.25, -0.2) is 13.6 Å². The Balaban J connectivity index is 2.23. The van der Waals surface area contributed by atoms with Crippen LogP contribution in [0.2, 0.25) is 0 Å². The molecule has 0 unspecified atom stereocenters. The molecule has 0 heterocycles. The molecule has 0 aliphatic rings. The highest BCUT2D eigenvalue weighted by Gasteiger charge is 2.12. The summed E-state index contributed by atoms with van der Waals surface area (Å²) in [5.74, 6) is -2.34. The van der Waals surface area contributed by atoms with Crippen LogP contribution in [0.1, 0.15) is 15.9 Å². The van der Waals surface area contributed by atoms with Crippen LogP contribution in [0.5, 0.6) is 5.75 Å². The van der Waals surface area contributed by atoms with Crippen molar-refractivity contribution >= 4 is 21.9 Å². The van der Waals surface area contributed by atoms with Crippen molar-refractivity contribution in [1.29, 1.82) is 0 Å². The van der Waals surface area contributed by atoms with Gasteiger partial charge < -0.3 is 9.84 Å². The molecule has 104 valence electrons. The van der Waals surface area contributed by atoms with Crippen molar-refractivity contribution in [1.82, 2.24) is 0 Å². The third-order valence-electron chi connectivity index (χ3n) is 2.61. The monoisotopic (exact) mass is 342 g/mol. The topological polar surface area (TPSA) is 46.5 Å². The van der Waals surface area contributed by atoms with Crippen molar-refractivity contribution in [2.75, 3.05) is 0 Å². The molecular weight excluding hydrogens is 334 g/mol. The van der Waals surface area contributed by atoms with E-state index in [2.05, 4.69) is 15.9 Å². The molecule has 2 aromatic carbocycles. The molecule has 0 atom stereocenters. The molecular formula is C14H9BrF2O3. The molecule has 20 heavy (non-hydrogen) atoms. The Kier molecular flexibility index (Phi) is 4.34. The number of halogens is 3. The van der Waals surface area contributed by atoms with Crippen LogP contribution in [-0.2, 0) is 6.61 Å². The van der Waals surface area contributed by atoms with Crippen molar-refractivity contribution in [3.63, 3.8) is 0 Å². The number of hydrogen-bond acceptors (Lipinski definition) is 2. The Hall–Kier alpha value is -1.95. The largest absolute Gasteiger partial charge is 0.487 e. The van der Waals surface area contributed by atoms with Crippen LogP contribution in [0.3, 0.4) is 0 Å². The Morgan fingerprint density at radius 3 is 2.45 bits per heavy atom. The molecule has 0 aromatic heterocycles. The normalized spacial score (nSPS) is 10.3. The number of aromatic carboxylic acids is 1. The van der Waals surface area contributed by atoms with E-state index >= 15 is 0 Å². The van der Waals surface area contributed by atoms with E-state index in [9.17, 15) is 13.6 Å². The van der Waals surface area contributed by atoms with Gasteiger partial charge in [0.15, 0.2) is 0 Å². The van der Waals surface area contributed by atoms with E-state index in [1.165, 1.54) is 24.3 Å². The van der Waals surface area contributed by atoms with Gasteiger partial charge in [0.2, 0.25) is 0 Å². The maximum Gasteiger partial charge on any atom is 0.335 e. The number of carboxylic acid groups (broad SMARTS) is 1. The Bertz CT molecular complexity index is 639. The molecule has 0 spiro atoms. The van der Waals surface area contributed by atoms with Crippen LogP contribution in [0.15, 0.2) is 40.9 Å². The molecule has 0 radical (unpaired) electrons. The fraction of sp³-hybridized carbons (Fsp3) is 0.0714. The Morgan fingerprint density at radius 1 is 1.20 bits per heavy atom. The van der Waals surface area contributed by atoms with Gasteiger partial charge in [-0.15, -0.1) is 0 Å². The number of benzene rings is 2. The summed E-state index contributed by atoms with van der Waals surface area (Å²) >= 11 is 3.18. The molecule has 3 nitrogen and oxygen atoms in total. The molecule has 1 N–H and O–H groups in total. The lowest BCUT2D eigenvalue weighted by atomic mass is 10.2. The van der Waals surface area contributed by atoms with Gasteiger partial charge >= 0.3 is 5.97 Å². The highest BCUT2D eigenvalue weighted by atomic mass is 79.9. The number of hydrogen-bond donors (Lipinski definition) is 1. The van der Waals surface area contributed by atoms with Crippen molar-refractivity contribution < 1.29 is 23.4 Å². The lowest BCUT2D eigenvalue weighted by molar-refractivity contribution is 0.0696. The molecule has 6 heteroatoms. The van der Waals surface area contributed by atoms with E-state index in [0.717, 1.165) is 12.1 Å². The van der Waals surface area contributed by atoms with Gasteiger partial charge in [0.05, 0.1) is 15.6 Å². The van der Waals surface area contributed by atoms with Crippen molar-refractivity contribution in [3.05, 3.63) is 63.6 Å². The first-order valence-corrected chi connectivity index (χ1v) is 6.37. The van der Waals surface area contributed by atoms with Crippen molar-refractivity contribution in [2.45, 2.75) is 6.61 Å². The molecule has 0 amide bonds. The molecule has 0 aliphatic carbocycles. The fourth-order valence-corrected chi connectivity index (χ4v) is 1.93. The zero-order valence-electron chi connectivity index (χ0n) is 10.1. The van der Waals surface area contributed by atoms with Crippen molar-refractivity contribution in [2.24, 2.45) is 0 Å². The van der Waals surface area contributed by atoms with Crippen LogP contribution in [0.4, 0.5) is 8.78 Å². The van der Waals surface area contributed by atoms with Gasteiger partial charge in [-0.3, -0.25) is 0 Å². The van der Waals surface area contributed by atoms with Gasteiger partial charge in [0, 0.05) is 0 Å². The average molecular weight is 343 g/mol. The Morgan fingerprint density at radius 2 is 1.85 bits per heavy atom. The van der Waals surface area contributed by atoms with Crippen LogP contribution in [0, 0.1) is 11.6 Å². The standard InChI is InChI=1S/C14H9BrF2O3/c15-10-5-4-8(14(18)19)6-13(10)20-7-9-11(16)2-1-3-12(9)17/h1-6H,7H2,(H,18,19). The van der Waals surface area contributed by atoms with E-state index in [1.54, 1.807) is 0 Å². The minimum absolute atomic E-state index is 0.0252. The highest BCUT2D eigenvalue weighted by molar-refractivity contribution is 9.10. The summed E-state index contributed by atoms with van der Waals surface area (Å²) in [5, 5.41) is 8.88. The van der Waals surface area contributed by atoms with Crippen LogP contribution >= 0.6 is 15.9 Å². The first kappa shape index (κ1) is 14.5. The van der Waals surface area contributed by atoms with E-state index in [4.69, 9.17) is 9.84 Å². The lowest BCUT2D eigenvalue weighted by Crippen LogP contribution is -2.03. The number of carbonyl (C=O) groups is 1. The summed E-state index contributed by atoms with van der Waals surface area (Å²) in [4.78, 5) is 10.9. The van der Waals surface area contributed by atoms with Gasteiger partial charge in [-0.1, -0.05) is 6.07 Å². The minimum Gasteiger partial charge on any atom is -0.487 e. The lowest BCUT2D eigenvalue weighted by Gasteiger charge is -2.10. The summed E-state index contributed by atoms with van der Waals surface area (Å²) in [6.45, 7) is -0.333. The molecule has 0 aliphatic heterocycles. The number of carboxylic acids is 1. The van der Waals surface area contributed by atoms with Crippen LogP contribution < -0.4 is 4.74 Å². The highest BCUT2D eigenvalue weighted by Crippen LogP contribution is 2.27. The van der Waals surface area contributed by atoms with Gasteiger partial charge in [-0.05, 0) is 46.3 Å². The smallest absolute Gasteiger partial charge is 0.335 e. The van der Waals surface area contributed by atoms with E-state index in [1.807, 2.05) is 0 Å². The first-order valence-electron chi connectivity index (χ1n) is 5.57. The molecule has 0 saturated heterocycles. The van der Waals surface area contributed by atoms with Crippen molar-refractivity contribution in [3.8, 4) is 5.75 Å². The van der Waals surface area contributed by atoms with Crippen LogP contribution in [0.25, 0.3) is 0 Å². The number of ether oxygens (including phenoxy) is 1. The molecule has 0 saturated carbocycles. The predicted octanol–water partition coefficient (Wildman–Crippen LogP) is 4.00. The van der Waals surface area contributed by atoms with E-state index < -0.39 is 17.6 Å². The summed E-state index contributed by atoms with van der Waals surface area (Å²) in [6.07, 6.45) is 0. The summed E-state index contributed by atoms with van der Waals surface area (Å²) in [5.41, 5.74) is -0.183. The first-order chi connectivity index (χ1) is 9.49. The van der Waals surface area contributed by atoms with Gasteiger partial charge in [0.1, 0.15) is 24.0 Å². The Labute approximate surface area is 121 Å². The molecule has 2 aromatic rings. The maximum atomic E-state index is 13.4. The van der Waals surface area contributed by atoms with E-state index in [-0.39, 0.29) is 23.5 Å². The summed E-state index contributed by atoms with van der Waals surface area (Å²) in [7, 11) is 0. The third kappa shape index (κ3) is 3.14. The minimum atomic E-state index is -1.11. The fourth-order valence-electron chi connectivity index (χ4n) is 1.57. The second-order valence-corrected chi connectivity index (χ2v) is 4.79. The predicted molar refractivity (Wildman–Crippen MR) is 71.8 cm³/mol. The number of rotatable bonds is 4. The second-order valence-electron chi connectivity index (χ2n) is 3.94. The molecule has 0 fully saturated rings.